The van der Waals surface area contributed by atoms with Gasteiger partial charge in [0.15, 0.2) is 6.61 Å². The topological polar surface area (TPSA) is 58.6 Å². The van der Waals surface area contributed by atoms with E-state index in [0.29, 0.717) is 12.2 Å². The third kappa shape index (κ3) is 7.09. The molecule has 0 aliphatic carbocycles. The first-order chi connectivity index (χ1) is 14.7. The summed E-state index contributed by atoms with van der Waals surface area (Å²) in [5.41, 5.74) is 2.97. The Labute approximate surface area is 184 Å². The summed E-state index contributed by atoms with van der Waals surface area (Å²) in [6.07, 6.45) is 1.25. The molecule has 0 spiro atoms. The standard InChI is InChI=1S/C25H33FN2O3/c1-6-19(5)27-25(30)23(7-2)28(15-20-9-11-21(26)12-10-20)24(29)16-31-22-13-8-17(3)18(4)14-22/h8-14,19,23H,6-7,15-16H2,1-5H3,(H,27,30)/t19-,23+/m1/s1. The predicted molar refractivity (Wildman–Crippen MR) is 120 cm³/mol. The van der Waals surface area contributed by atoms with E-state index in [9.17, 15) is 14.0 Å². The fourth-order valence-electron chi connectivity index (χ4n) is 3.18. The highest BCUT2D eigenvalue weighted by atomic mass is 19.1. The minimum Gasteiger partial charge on any atom is -0.484 e. The molecule has 0 fully saturated rings. The molecule has 6 heteroatoms. The number of rotatable bonds is 10. The molecule has 0 aliphatic rings. The molecule has 5 nitrogen and oxygen atoms in total. The average Bonchev–Trinajstić information content (AvgIpc) is 2.75. The lowest BCUT2D eigenvalue weighted by Crippen LogP contribution is -2.51. The van der Waals surface area contributed by atoms with Gasteiger partial charge in [-0.05, 0) is 74.6 Å². The van der Waals surface area contributed by atoms with Crippen LogP contribution in [0.3, 0.4) is 0 Å². The summed E-state index contributed by atoms with van der Waals surface area (Å²) in [5.74, 6) is -0.233. The number of ether oxygens (including phenoxy) is 1. The number of nitrogens with one attached hydrogen (secondary N) is 1. The average molecular weight is 429 g/mol. The number of nitrogens with zero attached hydrogens (tertiary/aromatic N) is 1. The van der Waals surface area contributed by atoms with Crippen LogP contribution in [0.2, 0.25) is 0 Å². The minimum absolute atomic E-state index is 0.0103. The molecule has 2 aromatic rings. The lowest BCUT2D eigenvalue weighted by atomic mass is 10.1. The first-order valence-electron chi connectivity index (χ1n) is 10.8. The molecule has 1 N–H and O–H groups in total. The largest absolute Gasteiger partial charge is 0.484 e. The summed E-state index contributed by atoms with van der Waals surface area (Å²) in [6.45, 7) is 9.80. The Morgan fingerprint density at radius 3 is 2.29 bits per heavy atom. The molecule has 0 aliphatic heterocycles. The van der Waals surface area contributed by atoms with Crippen molar-refractivity contribution in [1.29, 1.82) is 0 Å². The normalized spacial score (nSPS) is 12.7. The van der Waals surface area contributed by atoms with Gasteiger partial charge in [-0.1, -0.05) is 32.0 Å². The third-order valence-corrected chi connectivity index (χ3v) is 5.49. The van der Waals surface area contributed by atoms with Crippen LogP contribution in [0.1, 0.15) is 50.3 Å². The first kappa shape index (κ1) is 24.4. The molecule has 2 aromatic carbocycles. The van der Waals surface area contributed by atoms with E-state index in [1.54, 1.807) is 12.1 Å². The van der Waals surface area contributed by atoms with E-state index in [-0.39, 0.29) is 36.8 Å². The Bertz CT molecular complexity index is 883. The summed E-state index contributed by atoms with van der Waals surface area (Å²) < 4.78 is 19.1. The van der Waals surface area contributed by atoms with E-state index in [2.05, 4.69) is 5.32 Å². The van der Waals surface area contributed by atoms with E-state index < -0.39 is 6.04 Å². The Kier molecular flexibility index (Phi) is 9.03. The number of carbonyl (C=O) groups excluding carboxylic acids is 2. The highest BCUT2D eigenvalue weighted by Crippen LogP contribution is 2.18. The van der Waals surface area contributed by atoms with Crippen molar-refractivity contribution in [3.8, 4) is 5.75 Å². The maximum absolute atomic E-state index is 13.3. The van der Waals surface area contributed by atoms with Crippen molar-refractivity contribution in [3.63, 3.8) is 0 Å². The molecule has 0 saturated carbocycles. The number of amides is 2. The van der Waals surface area contributed by atoms with Crippen molar-refractivity contribution in [2.75, 3.05) is 6.61 Å². The number of carbonyl (C=O) groups is 2. The molecule has 2 rings (SSSR count). The van der Waals surface area contributed by atoms with Crippen LogP contribution in [0.4, 0.5) is 4.39 Å². The Morgan fingerprint density at radius 1 is 1.03 bits per heavy atom. The van der Waals surface area contributed by atoms with E-state index in [4.69, 9.17) is 4.74 Å². The Morgan fingerprint density at radius 2 is 1.71 bits per heavy atom. The maximum Gasteiger partial charge on any atom is 0.261 e. The van der Waals surface area contributed by atoms with E-state index in [1.165, 1.54) is 17.0 Å². The van der Waals surface area contributed by atoms with Crippen molar-refractivity contribution >= 4 is 11.8 Å². The second-order valence-electron chi connectivity index (χ2n) is 7.92. The van der Waals surface area contributed by atoms with E-state index in [0.717, 1.165) is 23.1 Å². The fraction of sp³-hybridized carbons (Fsp3) is 0.440. The molecular formula is C25H33FN2O3. The number of hydrogen-bond acceptors (Lipinski definition) is 3. The van der Waals surface area contributed by atoms with E-state index in [1.807, 2.05) is 52.8 Å². The third-order valence-electron chi connectivity index (χ3n) is 5.49. The molecule has 31 heavy (non-hydrogen) atoms. The molecule has 0 unspecified atom stereocenters. The zero-order chi connectivity index (χ0) is 23.0. The smallest absolute Gasteiger partial charge is 0.261 e. The molecule has 0 heterocycles. The van der Waals surface area contributed by atoms with Gasteiger partial charge in [-0.2, -0.15) is 0 Å². The monoisotopic (exact) mass is 428 g/mol. The molecule has 0 bridgehead atoms. The van der Waals surface area contributed by atoms with Crippen molar-refractivity contribution < 1.29 is 18.7 Å². The van der Waals surface area contributed by atoms with Gasteiger partial charge in [0.25, 0.3) is 5.91 Å². The van der Waals surface area contributed by atoms with Crippen LogP contribution in [0, 0.1) is 19.7 Å². The molecule has 2 amide bonds. The first-order valence-corrected chi connectivity index (χ1v) is 10.8. The van der Waals surface area contributed by atoms with Crippen LogP contribution in [-0.4, -0.2) is 35.4 Å². The van der Waals surface area contributed by atoms with Gasteiger partial charge in [-0.15, -0.1) is 0 Å². The summed E-state index contributed by atoms with van der Waals surface area (Å²) in [7, 11) is 0. The second kappa shape index (κ2) is 11.5. The highest BCUT2D eigenvalue weighted by Gasteiger charge is 2.29. The van der Waals surface area contributed by atoms with Gasteiger partial charge < -0.3 is 15.0 Å². The lowest BCUT2D eigenvalue weighted by Gasteiger charge is -2.31. The second-order valence-corrected chi connectivity index (χ2v) is 7.92. The van der Waals surface area contributed by atoms with Gasteiger partial charge in [-0.3, -0.25) is 9.59 Å². The highest BCUT2D eigenvalue weighted by molar-refractivity contribution is 5.88. The molecule has 0 radical (unpaired) electrons. The molecular weight excluding hydrogens is 395 g/mol. The van der Waals surface area contributed by atoms with Crippen molar-refractivity contribution in [1.82, 2.24) is 10.2 Å². The number of halogens is 1. The Hall–Kier alpha value is -2.89. The zero-order valence-electron chi connectivity index (χ0n) is 19.1. The van der Waals surface area contributed by atoms with Gasteiger partial charge >= 0.3 is 0 Å². The fourth-order valence-corrected chi connectivity index (χ4v) is 3.18. The molecule has 168 valence electrons. The van der Waals surface area contributed by atoms with Crippen LogP contribution in [0.5, 0.6) is 5.75 Å². The Balaban J connectivity index is 2.21. The maximum atomic E-state index is 13.3. The summed E-state index contributed by atoms with van der Waals surface area (Å²) >= 11 is 0. The molecule has 0 aromatic heterocycles. The van der Waals surface area contributed by atoms with Crippen LogP contribution < -0.4 is 10.1 Å². The van der Waals surface area contributed by atoms with Crippen LogP contribution >= 0.6 is 0 Å². The number of hydrogen-bond donors (Lipinski definition) is 1. The van der Waals surface area contributed by atoms with Crippen LogP contribution in [0.15, 0.2) is 42.5 Å². The van der Waals surface area contributed by atoms with Gasteiger partial charge in [0.05, 0.1) is 0 Å². The lowest BCUT2D eigenvalue weighted by molar-refractivity contribution is -0.143. The summed E-state index contributed by atoms with van der Waals surface area (Å²) in [5, 5.41) is 2.96. The van der Waals surface area contributed by atoms with Crippen molar-refractivity contribution in [2.24, 2.45) is 0 Å². The van der Waals surface area contributed by atoms with Crippen LogP contribution in [-0.2, 0) is 16.1 Å². The number of benzene rings is 2. The molecule has 2 atom stereocenters. The molecule has 0 saturated heterocycles. The predicted octanol–water partition coefficient (Wildman–Crippen LogP) is 4.54. The van der Waals surface area contributed by atoms with Gasteiger partial charge in [-0.25, -0.2) is 4.39 Å². The minimum atomic E-state index is -0.644. The van der Waals surface area contributed by atoms with Gasteiger partial charge in [0, 0.05) is 12.6 Å². The number of aryl methyl sites for hydroxylation is 2. The van der Waals surface area contributed by atoms with Crippen molar-refractivity contribution in [3.05, 3.63) is 65.0 Å². The zero-order valence-corrected chi connectivity index (χ0v) is 19.1. The summed E-state index contributed by atoms with van der Waals surface area (Å²) in [6, 6.07) is 11.0. The van der Waals surface area contributed by atoms with Gasteiger partial charge in [0.2, 0.25) is 5.91 Å². The van der Waals surface area contributed by atoms with Crippen LogP contribution in [0.25, 0.3) is 0 Å². The van der Waals surface area contributed by atoms with Gasteiger partial charge in [0.1, 0.15) is 17.6 Å². The quantitative estimate of drug-likeness (QED) is 0.604. The SMILES string of the molecule is CC[C@@H](C)NC(=O)[C@H](CC)N(Cc1ccc(F)cc1)C(=O)COc1ccc(C)c(C)c1. The van der Waals surface area contributed by atoms with Crippen molar-refractivity contribution in [2.45, 2.75) is 66.1 Å². The van der Waals surface area contributed by atoms with E-state index >= 15 is 0 Å². The summed E-state index contributed by atoms with van der Waals surface area (Å²) in [4.78, 5) is 27.6.